The Morgan fingerprint density at radius 3 is 2.12 bits per heavy atom. The Balaban J connectivity index is 1.44. The summed E-state index contributed by atoms with van der Waals surface area (Å²) >= 11 is 0. The minimum atomic E-state index is -1.47. The van der Waals surface area contributed by atoms with E-state index in [-0.39, 0.29) is 31.1 Å². The Hall–Kier alpha value is -1.98. The van der Waals surface area contributed by atoms with Crippen LogP contribution in [0.25, 0.3) is 0 Å². The van der Waals surface area contributed by atoms with E-state index in [4.69, 9.17) is 42.6 Å². The van der Waals surface area contributed by atoms with Crippen LogP contribution < -0.4 is 0 Å². The molecule has 69 heavy (non-hydrogen) atoms. The topological polar surface area (TPSA) is 225 Å². The molecule has 18 nitrogen and oxygen atoms in total. The number of hydrogen-bond donors (Lipinski definition) is 5. The van der Waals surface area contributed by atoms with Crippen molar-refractivity contribution < 1.29 is 77.8 Å². The Kier molecular flexibility index (Phi) is 22.1. The molecule has 0 bridgehead atoms. The number of carbonyl (C=O) groups is 2. The third-order valence-corrected chi connectivity index (χ3v) is 15.3. The summed E-state index contributed by atoms with van der Waals surface area (Å²) in [6.45, 7) is 16.9. The molecule has 0 unspecified atom stereocenters. The van der Waals surface area contributed by atoms with Crippen molar-refractivity contribution in [1.82, 2.24) is 9.80 Å². The molecule has 0 radical (unpaired) electrons. The smallest absolute Gasteiger partial charge is 0.308 e. The maximum absolute atomic E-state index is 14.1. The fourth-order valence-electron chi connectivity index (χ4n) is 11.0. The van der Waals surface area contributed by atoms with Gasteiger partial charge in [0.1, 0.15) is 42.7 Å². The normalized spacial score (nSPS) is 43.9. The van der Waals surface area contributed by atoms with Crippen molar-refractivity contribution in [2.24, 2.45) is 23.7 Å². The number of piperidine rings is 1. The number of aliphatic hydroxyl groups is 5. The highest BCUT2D eigenvalue weighted by atomic mass is 16.7. The molecule has 398 valence electrons. The van der Waals surface area contributed by atoms with Gasteiger partial charge in [-0.2, -0.15) is 0 Å². The first-order valence-corrected chi connectivity index (χ1v) is 25.5. The largest absolute Gasteiger partial charge is 0.462 e. The number of aliphatic hydroxyl groups excluding tert-OH is 4. The first kappa shape index (κ1) is 57.9. The quantitative estimate of drug-likeness (QED) is 0.158. The third-order valence-electron chi connectivity index (χ3n) is 15.3. The van der Waals surface area contributed by atoms with Gasteiger partial charge in [0, 0.05) is 38.4 Å². The van der Waals surface area contributed by atoms with Crippen molar-refractivity contribution in [2.75, 3.05) is 54.6 Å². The molecule has 5 aliphatic rings. The van der Waals surface area contributed by atoms with Gasteiger partial charge < -0.3 is 78.0 Å². The maximum atomic E-state index is 14.1. The van der Waals surface area contributed by atoms with E-state index in [1.165, 1.54) is 27.6 Å². The fourth-order valence-corrected chi connectivity index (χ4v) is 11.0. The molecule has 5 aliphatic heterocycles. The van der Waals surface area contributed by atoms with Gasteiger partial charge in [-0.15, -0.1) is 0 Å². The molecule has 21 atom stereocenters. The summed E-state index contributed by atoms with van der Waals surface area (Å²) in [5, 5.41) is 56.6. The standard InChI is InChI=1S/C51H88N2O16/c1-13-38-35(27-63-50-47(62-12)46(61-11)42(57)31(5)65-50)23-28(2)17-18-36(54)29(3)24-34(19-22-53-20-15-14-16-21-53)44(30(4)37(55)25-39(56)67-38)69-49-43(58)41(52(9)10)45(32(6)66-49)68-40-26-51(8,60)48(59)33(7)64-40/h17-18,23,29-35,37-38,40-50,55,57-60H,13-16,19-22,24-27H2,1-12H3/t29-,30+,31-,32-,33+,34+,35-,37-,38-,40+,41-,42-,43-,44-,45-,46-,47-,48+,49+,50-,51-/m1/s1. The van der Waals surface area contributed by atoms with E-state index >= 15 is 0 Å². The second kappa shape index (κ2) is 26.3. The van der Waals surface area contributed by atoms with Gasteiger partial charge in [-0.1, -0.05) is 44.9 Å². The Labute approximate surface area is 410 Å². The summed E-state index contributed by atoms with van der Waals surface area (Å²) in [6.07, 6.45) is -3.68. The zero-order chi connectivity index (χ0) is 50.9. The summed E-state index contributed by atoms with van der Waals surface area (Å²) in [5.74, 6) is -2.72. The van der Waals surface area contributed by atoms with E-state index in [2.05, 4.69) is 4.90 Å². The first-order valence-electron chi connectivity index (χ1n) is 25.5. The van der Waals surface area contributed by atoms with Gasteiger partial charge in [-0.3, -0.25) is 9.59 Å². The van der Waals surface area contributed by atoms with Gasteiger partial charge >= 0.3 is 5.97 Å². The highest BCUT2D eigenvalue weighted by Gasteiger charge is 2.52. The van der Waals surface area contributed by atoms with Crippen molar-refractivity contribution in [1.29, 1.82) is 0 Å². The number of ketones is 1. The average Bonchev–Trinajstić information content (AvgIpc) is 3.30. The lowest BCUT2D eigenvalue weighted by atomic mass is 9.79. The van der Waals surface area contributed by atoms with Crippen molar-refractivity contribution >= 4 is 11.8 Å². The number of rotatable bonds is 14. The lowest BCUT2D eigenvalue weighted by Crippen LogP contribution is -2.65. The molecule has 0 aromatic rings. The molecule has 0 aliphatic carbocycles. The number of allylic oxidation sites excluding steroid dienone is 3. The molecular formula is C51H88N2O16. The molecule has 5 rings (SSSR count). The van der Waals surface area contributed by atoms with Crippen molar-refractivity contribution in [3.8, 4) is 0 Å². The zero-order valence-corrected chi connectivity index (χ0v) is 43.4. The molecule has 0 saturated carbocycles. The molecule has 4 saturated heterocycles. The van der Waals surface area contributed by atoms with Crippen LogP contribution in [0.5, 0.6) is 0 Å². The van der Waals surface area contributed by atoms with Crippen LogP contribution in [0.2, 0.25) is 0 Å². The zero-order valence-electron chi connectivity index (χ0n) is 43.4. The number of likely N-dealkylation sites (tertiary alicyclic amines) is 1. The average molecular weight is 985 g/mol. The molecule has 5 N–H and O–H groups in total. The van der Waals surface area contributed by atoms with Crippen molar-refractivity contribution in [3.63, 3.8) is 0 Å². The van der Waals surface area contributed by atoms with Crippen molar-refractivity contribution in [2.45, 2.75) is 211 Å². The minimum Gasteiger partial charge on any atom is -0.462 e. The van der Waals surface area contributed by atoms with Crippen molar-refractivity contribution in [3.05, 3.63) is 23.8 Å². The summed E-state index contributed by atoms with van der Waals surface area (Å²) in [7, 11) is 6.60. The molecule has 0 aromatic heterocycles. The van der Waals surface area contributed by atoms with E-state index < -0.39 is 127 Å². The number of esters is 1. The molecule has 0 aromatic carbocycles. The molecular weight excluding hydrogens is 897 g/mol. The third kappa shape index (κ3) is 15.1. The number of hydrogen-bond acceptors (Lipinski definition) is 18. The van der Waals surface area contributed by atoms with Crippen LogP contribution in [0.4, 0.5) is 0 Å². The van der Waals surface area contributed by atoms with Gasteiger partial charge in [0.15, 0.2) is 24.7 Å². The lowest BCUT2D eigenvalue weighted by Gasteiger charge is -2.50. The Bertz CT molecular complexity index is 1660. The minimum absolute atomic E-state index is 0.00347. The number of methoxy groups -OCH3 is 2. The van der Waals surface area contributed by atoms with E-state index in [0.29, 0.717) is 19.3 Å². The van der Waals surface area contributed by atoms with Crippen LogP contribution in [-0.2, 0) is 52.2 Å². The van der Waals surface area contributed by atoms with Gasteiger partial charge in [0.05, 0.1) is 55.2 Å². The summed E-state index contributed by atoms with van der Waals surface area (Å²) in [4.78, 5) is 32.4. The number of likely N-dealkylation sites (N-methyl/N-ethyl adjacent to an activating group) is 1. The van der Waals surface area contributed by atoms with Crippen LogP contribution in [0.15, 0.2) is 23.8 Å². The second-order valence-electron chi connectivity index (χ2n) is 21.0. The van der Waals surface area contributed by atoms with E-state index in [9.17, 15) is 35.1 Å². The van der Waals surface area contributed by atoms with E-state index in [1.54, 1.807) is 26.0 Å². The van der Waals surface area contributed by atoms with E-state index in [0.717, 1.165) is 38.0 Å². The predicted octanol–water partition coefficient (Wildman–Crippen LogP) is 3.12. The fraction of sp³-hybridized carbons (Fsp3) is 0.882. The predicted molar refractivity (Wildman–Crippen MR) is 255 cm³/mol. The first-order chi connectivity index (χ1) is 32.6. The van der Waals surface area contributed by atoms with Crippen LogP contribution in [-0.4, -0.2) is 205 Å². The van der Waals surface area contributed by atoms with Gasteiger partial charge in [-0.25, -0.2) is 0 Å². The number of nitrogens with zero attached hydrogens (tertiary/aromatic N) is 2. The van der Waals surface area contributed by atoms with Gasteiger partial charge in [0.2, 0.25) is 0 Å². The summed E-state index contributed by atoms with van der Waals surface area (Å²) in [5.41, 5.74) is -0.720. The molecule has 0 amide bonds. The number of cyclic esters (lactones) is 1. The number of ether oxygens (including phenoxy) is 9. The Morgan fingerprint density at radius 1 is 0.826 bits per heavy atom. The van der Waals surface area contributed by atoms with Crippen LogP contribution >= 0.6 is 0 Å². The molecule has 4 fully saturated rings. The lowest BCUT2D eigenvalue weighted by molar-refractivity contribution is -0.342. The number of carbonyl (C=O) groups excluding carboxylic acids is 2. The highest BCUT2D eigenvalue weighted by Crippen LogP contribution is 2.38. The molecule has 18 heteroatoms. The Morgan fingerprint density at radius 2 is 1.49 bits per heavy atom. The molecule has 5 heterocycles. The highest BCUT2D eigenvalue weighted by molar-refractivity contribution is 5.91. The van der Waals surface area contributed by atoms with Gasteiger partial charge in [-0.05, 0) is 112 Å². The summed E-state index contributed by atoms with van der Waals surface area (Å²) < 4.78 is 55.7. The van der Waals surface area contributed by atoms with E-state index in [1.807, 2.05) is 59.7 Å². The second-order valence-corrected chi connectivity index (χ2v) is 21.0. The summed E-state index contributed by atoms with van der Waals surface area (Å²) in [6, 6.07) is -0.686. The van der Waals surface area contributed by atoms with Gasteiger partial charge in [0.25, 0.3) is 0 Å². The van der Waals surface area contributed by atoms with Crippen LogP contribution in [0, 0.1) is 23.7 Å². The SMILES string of the molecule is CC[C@H]1OC(=O)C[C@@H](O)[C@H](C)[C@@H](O[C@@H]2O[C@H](C)[C@@H](O[C@H]3C[C@@](C)(O)[C@@H](O)[C@H](C)O3)[C@H](N(C)C)[C@H]2O)[C@@H](CCN2CCCCC2)C[C@@H](C)C(=O)C=CC(C)=C[C@@H]1CO[C@@H]1O[C@H](C)[C@@H](O)[C@@H](OC)[C@H]1OC. The van der Waals surface area contributed by atoms with Crippen LogP contribution in [0.1, 0.15) is 107 Å². The van der Waals surface area contributed by atoms with Crippen LogP contribution in [0.3, 0.4) is 0 Å². The molecule has 0 spiro atoms. The monoisotopic (exact) mass is 985 g/mol. The maximum Gasteiger partial charge on any atom is 0.308 e.